The van der Waals surface area contributed by atoms with Crippen molar-refractivity contribution in [3.8, 4) is 0 Å². The van der Waals surface area contributed by atoms with E-state index in [0.717, 1.165) is 30.0 Å². The Balaban J connectivity index is 1.90. The molecule has 1 saturated heterocycles. The Bertz CT molecular complexity index is 679. The molecular formula is C18H19NO3. The van der Waals surface area contributed by atoms with Crippen LogP contribution in [-0.4, -0.2) is 12.5 Å². The summed E-state index contributed by atoms with van der Waals surface area (Å²) in [5.74, 6) is 1.22. The quantitative estimate of drug-likeness (QED) is 0.845. The maximum absolute atomic E-state index is 12.7. The van der Waals surface area contributed by atoms with Gasteiger partial charge in [0.05, 0.1) is 18.1 Å². The Morgan fingerprint density at radius 3 is 2.91 bits per heavy atom. The molecule has 1 aromatic carbocycles. The van der Waals surface area contributed by atoms with Crippen molar-refractivity contribution >= 4 is 11.6 Å². The van der Waals surface area contributed by atoms with Gasteiger partial charge in [-0.2, -0.15) is 0 Å². The number of ether oxygens (including phenoxy) is 1. The summed E-state index contributed by atoms with van der Waals surface area (Å²) in [5, 5.41) is 0. The Morgan fingerprint density at radius 2 is 2.14 bits per heavy atom. The van der Waals surface area contributed by atoms with Gasteiger partial charge in [-0.3, -0.25) is 4.79 Å². The third kappa shape index (κ3) is 1.91. The van der Waals surface area contributed by atoms with Crippen molar-refractivity contribution in [3.05, 3.63) is 54.0 Å². The van der Waals surface area contributed by atoms with Crippen LogP contribution in [0.3, 0.4) is 0 Å². The van der Waals surface area contributed by atoms with Gasteiger partial charge in [-0.15, -0.1) is 0 Å². The smallest absolute Gasteiger partial charge is 0.227 e. The third-order valence-electron chi connectivity index (χ3n) is 4.73. The number of rotatable bonds is 2. The molecular weight excluding hydrogens is 278 g/mol. The Labute approximate surface area is 129 Å². The number of benzene rings is 1. The first-order valence-corrected chi connectivity index (χ1v) is 7.87. The second-order valence-corrected chi connectivity index (χ2v) is 5.88. The van der Waals surface area contributed by atoms with Gasteiger partial charge in [-0.25, -0.2) is 0 Å². The molecule has 0 aliphatic carbocycles. The highest BCUT2D eigenvalue weighted by molar-refractivity contribution is 5.95. The van der Waals surface area contributed by atoms with E-state index in [1.165, 1.54) is 0 Å². The van der Waals surface area contributed by atoms with Gasteiger partial charge in [0.1, 0.15) is 11.8 Å². The summed E-state index contributed by atoms with van der Waals surface area (Å²) < 4.78 is 11.7. The van der Waals surface area contributed by atoms with Crippen LogP contribution < -0.4 is 4.90 Å². The van der Waals surface area contributed by atoms with Gasteiger partial charge in [-0.05, 0) is 24.6 Å². The van der Waals surface area contributed by atoms with E-state index >= 15 is 0 Å². The van der Waals surface area contributed by atoms with E-state index in [2.05, 4.69) is 6.07 Å². The molecule has 1 amide bonds. The molecule has 0 radical (unpaired) electrons. The third-order valence-corrected chi connectivity index (χ3v) is 4.73. The minimum Gasteiger partial charge on any atom is -0.467 e. The summed E-state index contributed by atoms with van der Waals surface area (Å²) in [4.78, 5) is 14.6. The maximum atomic E-state index is 12.7. The lowest BCUT2D eigenvalue weighted by Crippen LogP contribution is -2.43. The number of para-hydroxylation sites is 1. The molecule has 114 valence electrons. The fourth-order valence-electron chi connectivity index (χ4n) is 3.80. The van der Waals surface area contributed by atoms with Gasteiger partial charge in [0.15, 0.2) is 0 Å². The summed E-state index contributed by atoms with van der Waals surface area (Å²) in [6, 6.07) is 11.8. The van der Waals surface area contributed by atoms with Crippen LogP contribution in [0.4, 0.5) is 5.69 Å². The molecule has 0 N–H and O–H groups in total. The Kier molecular flexibility index (Phi) is 3.26. The van der Waals surface area contributed by atoms with Crippen LogP contribution in [0.25, 0.3) is 0 Å². The largest absolute Gasteiger partial charge is 0.467 e. The predicted octanol–water partition coefficient (Wildman–Crippen LogP) is 3.86. The molecule has 2 aromatic rings. The first-order chi connectivity index (χ1) is 10.8. The van der Waals surface area contributed by atoms with E-state index in [9.17, 15) is 4.79 Å². The summed E-state index contributed by atoms with van der Waals surface area (Å²) in [6.45, 7) is 2.64. The maximum Gasteiger partial charge on any atom is 0.227 e. The molecule has 0 spiro atoms. The SMILES string of the molecule is CCC(=O)N1c2ccccc2[C@H]2OCC[C@H]2[C@@H]1c1ccco1. The van der Waals surface area contributed by atoms with Crippen molar-refractivity contribution < 1.29 is 13.9 Å². The minimum atomic E-state index is -0.0788. The van der Waals surface area contributed by atoms with Crippen molar-refractivity contribution in [1.82, 2.24) is 0 Å². The van der Waals surface area contributed by atoms with Gasteiger partial charge < -0.3 is 14.1 Å². The van der Waals surface area contributed by atoms with Crippen LogP contribution in [0.1, 0.15) is 43.2 Å². The number of hydrogen-bond acceptors (Lipinski definition) is 3. The molecule has 4 heteroatoms. The molecule has 3 atom stereocenters. The van der Waals surface area contributed by atoms with E-state index in [-0.39, 0.29) is 24.0 Å². The molecule has 4 nitrogen and oxygen atoms in total. The van der Waals surface area contributed by atoms with Crippen molar-refractivity contribution in [2.75, 3.05) is 11.5 Å². The number of nitrogens with zero attached hydrogens (tertiary/aromatic N) is 1. The van der Waals surface area contributed by atoms with E-state index in [1.807, 2.05) is 42.2 Å². The van der Waals surface area contributed by atoms with Gasteiger partial charge in [-0.1, -0.05) is 25.1 Å². The van der Waals surface area contributed by atoms with E-state index in [1.54, 1.807) is 6.26 Å². The number of furan rings is 1. The van der Waals surface area contributed by atoms with Gasteiger partial charge in [0, 0.05) is 24.5 Å². The number of hydrogen-bond donors (Lipinski definition) is 0. The van der Waals surface area contributed by atoms with Crippen molar-refractivity contribution in [2.45, 2.75) is 31.9 Å². The average molecular weight is 297 g/mol. The highest BCUT2D eigenvalue weighted by atomic mass is 16.5. The number of carbonyl (C=O) groups excluding carboxylic acids is 1. The van der Waals surface area contributed by atoms with Crippen LogP contribution in [0.5, 0.6) is 0 Å². The number of amides is 1. The lowest BCUT2D eigenvalue weighted by molar-refractivity contribution is -0.119. The second kappa shape index (κ2) is 5.29. The zero-order chi connectivity index (χ0) is 15.1. The summed E-state index contributed by atoms with van der Waals surface area (Å²) in [7, 11) is 0. The molecule has 0 unspecified atom stereocenters. The van der Waals surface area contributed by atoms with E-state index < -0.39 is 0 Å². The second-order valence-electron chi connectivity index (χ2n) is 5.88. The van der Waals surface area contributed by atoms with Crippen LogP contribution in [0.15, 0.2) is 47.1 Å². The highest BCUT2D eigenvalue weighted by Gasteiger charge is 2.47. The first kappa shape index (κ1) is 13.6. The monoisotopic (exact) mass is 297 g/mol. The first-order valence-electron chi connectivity index (χ1n) is 7.87. The summed E-state index contributed by atoms with van der Waals surface area (Å²) in [5.41, 5.74) is 2.08. The summed E-state index contributed by atoms with van der Waals surface area (Å²) >= 11 is 0. The molecule has 4 rings (SSSR count). The van der Waals surface area contributed by atoms with Crippen LogP contribution >= 0.6 is 0 Å². The fourth-order valence-corrected chi connectivity index (χ4v) is 3.80. The topological polar surface area (TPSA) is 42.7 Å². The summed E-state index contributed by atoms with van der Waals surface area (Å²) in [6.07, 6.45) is 3.14. The van der Waals surface area contributed by atoms with Crippen LogP contribution in [0.2, 0.25) is 0 Å². The van der Waals surface area contributed by atoms with Crippen molar-refractivity contribution in [3.63, 3.8) is 0 Å². The van der Waals surface area contributed by atoms with Crippen molar-refractivity contribution in [1.29, 1.82) is 0 Å². The molecule has 0 bridgehead atoms. The molecule has 1 fully saturated rings. The molecule has 2 aliphatic rings. The minimum absolute atomic E-state index is 0.0483. The standard InChI is InChI=1S/C18H19NO3/c1-2-16(20)19-14-7-4-3-6-12(14)18-13(9-11-22-18)17(19)15-8-5-10-21-15/h3-8,10,13,17-18H,2,9,11H2,1H3/t13-,17+,18+/m0/s1. The zero-order valence-corrected chi connectivity index (χ0v) is 12.6. The van der Waals surface area contributed by atoms with Crippen LogP contribution in [-0.2, 0) is 9.53 Å². The molecule has 2 aliphatic heterocycles. The number of anilines is 1. The van der Waals surface area contributed by atoms with Gasteiger partial charge in [0.25, 0.3) is 0 Å². The van der Waals surface area contributed by atoms with Gasteiger partial charge >= 0.3 is 0 Å². The number of fused-ring (bicyclic) bond motifs is 3. The zero-order valence-electron chi connectivity index (χ0n) is 12.6. The lowest BCUT2D eigenvalue weighted by Gasteiger charge is -2.42. The van der Waals surface area contributed by atoms with Crippen molar-refractivity contribution in [2.24, 2.45) is 5.92 Å². The molecule has 1 aromatic heterocycles. The fraction of sp³-hybridized carbons (Fsp3) is 0.389. The lowest BCUT2D eigenvalue weighted by atomic mass is 9.81. The number of carbonyl (C=O) groups is 1. The Morgan fingerprint density at radius 1 is 1.27 bits per heavy atom. The average Bonchev–Trinajstić information content (AvgIpc) is 3.24. The molecule has 0 saturated carbocycles. The molecule has 22 heavy (non-hydrogen) atoms. The van der Waals surface area contributed by atoms with Gasteiger partial charge in [0.2, 0.25) is 5.91 Å². The van der Waals surface area contributed by atoms with E-state index in [4.69, 9.17) is 9.15 Å². The van der Waals surface area contributed by atoms with E-state index in [0.29, 0.717) is 6.42 Å². The normalized spacial score (nSPS) is 26.6. The predicted molar refractivity (Wildman–Crippen MR) is 82.5 cm³/mol. The van der Waals surface area contributed by atoms with Crippen LogP contribution in [0, 0.1) is 5.92 Å². The highest BCUT2D eigenvalue weighted by Crippen LogP contribution is 2.53. The molecule has 3 heterocycles. The Hall–Kier alpha value is -2.07.